The zero-order valence-corrected chi connectivity index (χ0v) is 16.8. The number of nitrogens with zero attached hydrogens (tertiary/aromatic N) is 2. The minimum Gasteiger partial charge on any atom is -0.381 e. The van der Waals surface area contributed by atoms with E-state index in [0.717, 1.165) is 44.4 Å². The zero-order chi connectivity index (χ0) is 15.8. The Hall–Kier alpha value is -0.540. The van der Waals surface area contributed by atoms with Gasteiger partial charge in [-0.3, -0.25) is 4.99 Å². The van der Waals surface area contributed by atoms with Gasteiger partial charge in [0.2, 0.25) is 0 Å². The third-order valence-corrected chi connectivity index (χ3v) is 4.66. The average molecular weight is 453 g/mol. The van der Waals surface area contributed by atoms with E-state index >= 15 is 0 Å². The molecule has 0 bridgehead atoms. The quantitative estimate of drug-likeness (QED) is 0.236. The second-order valence-corrected chi connectivity index (χ2v) is 6.50. The molecule has 1 unspecified atom stereocenters. The van der Waals surface area contributed by atoms with E-state index in [4.69, 9.17) is 4.74 Å². The summed E-state index contributed by atoms with van der Waals surface area (Å²) in [5.74, 6) is 2.09. The molecule has 0 aromatic heterocycles. The third kappa shape index (κ3) is 6.84. The Morgan fingerprint density at radius 1 is 1.48 bits per heavy atom. The van der Waals surface area contributed by atoms with Crippen molar-refractivity contribution in [3.05, 3.63) is 30.1 Å². The molecule has 4 nitrogen and oxygen atoms in total. The van der Waals surface area contributed by atoms with Crippen LogP contribution in [0.2, 0.25) is 0 Å². The molecule has 1 aliphatic rings. The molecule has 2 rings (SSSR count). The maximum Gasteiger partial charge on any atom is 0.193 e. The molecule has 130 valence electrons. The highest BCUT2D eigenvalue weighted by atomic mass is 127. The molecule has 0 spiro atoms. The Morgan fingerprint density at radius 2 is 2.26 bits per heavy atom. The van der Waals surface area contributed by atoms with Crippen LogP contribution in [0.4, 0.5) is 4.39 Å². The predicted molar refractivity (Wildman–Crippen MR) is 105 cm³/mol. The molecule has 1 aliphatic heterocycles. The monoisotopic (exact) mass is 453 g/mol. The van der Waals surface area contributed by atoms with Gasteiger partial charge in [0.15, 0.2) is 5.96 Å². The van der Waals surface area contributed by atoms with Gasteiger partial charge in [-0.15, -0.1) is 35.7 Å². The molecule has 0 aliphatic carbocycles. The van der Waals surface area contributed by atoms with Crippen molar-refractivity contribution in [2.75, 3.05) is 46.2 Å². The van der Waals surface area contributed by atoms with Gasteiger partial charge in [0, 0.05) is 50.4 Å². The number of benzene rings is 1. The lowest BCUT2D eigenvalue weighted by Crippen LogP contribution is -2.42. The highest BCUT2D eigenvalue weighted by Crippen LogP contribution is 2.20. The lowest BCUT2D eigenvalue weighted by Gasteiger charge is -2.24. The second kappa shape index (κ2) is 11.1. The first-order valence-electron chi connectivity index (χ1n) is 7.57. The van der Waals surface area contributed by atoms with E-state index in [1.54, 1.807) is 19.2 Å². The van der Waals surface area contributed by atoms with Gasteiger partial charge in [-0.25, -0.2) is 4.39 Å². The first-order valence-corrected chi connectivity index (χ1v) is 8.56. The SMILES string of the molecule is CN=C(NCCSc1ccccc1F)N(C)CC1CCOC1.I. The normalized spacial score (nSPS) is 17.7. The van der Waals surface area contributed by atoms with Crippen molar-refractivity contribution in [2.45, 2.75) is 11.3 Å². The van der Waals surface area contributed by atoms with E-state index in [2.05, 4.69) is 15.2 Å². The average Bonchev–Trinajstić information content (AvgIpc) is 3.02. The molecule has 1 atom stereocenters. The molecule has 0 saturated carbocycles. The molecule has 0 radical (unpaired) electrons. The summed E-state index contributed by atoms with van der Waals surface area (Å²) in [6, 6.07) is 6.86. The van der Waals surface area contributed by atoms with Gasteiger partial charge >= 0.3 is 0 Å². The van der Waals surface area contributed by atoms with Gasteiger partial charge < -0.3 is 15.0 Å². The second-order valence-electron chi connectivity index (χ2n) is 5.36. The van der Waals surface area contributed by atoms with Crippen molar-refractivity contribution in [1.29, 1.82) is 0 Å². The molecule has 23 heavy (non-hydrogen) atoms. The van der Waals surface area contributed by atoms with Crippen molar-refractivity contribution in [3.8, 4) is 0 Å². The summed E-state index contributed by atoms with van der Waals surface area (Å²) >= 11 is 1.51. The Bertz CT molecular complexity index is 498. The molecular weight excluding hydrogens is 428 g/mol. The summed E-state index contributed by atoms with van der Waals surface area (Å²) in [5.41, 5.74) is 0. The van der Waals surface area contributed by atoms with Crippen molar-refractivity contribution in [1.82, 2.24) is 10.2 Å². The van der Waals surface area contributed by atoms with Crippen LogP contribution >= 0.6 is 35.7 Å². The zero-order valence-electron chi connectivity index (χ0n) is 13.6. The first kappa shape index (κ1) is 20.5. The lowest BCUT2D eigenvalue weighted by atomic mass is 10.1. The van der Waals surface area contributed by atoms with E-state index in [1.165, 1.54) is 17.8 Å². The molecule has 1 N–H and O–H groups in total. The van der Waals surface area contributed by atoms with Crippen molar-refractivity contribution in [2.24, 2.45) is 10.9 Å². The fourth-order valence-corrected chi connectivity index (χ4v) is 3.28. The minimum atomic E-state index is -0.157. The number of guanidine groups is 1. The van der Waals surface area contributed by atoms with Gasteiger partial charge in [0.1, 0.15) is 5.82 Å². The van der Waals surface area contributed by atoms with Crippen molar-refractivity contribution in [3.63, 3.8) is 0 Å². The van der Waals surface area contributed by atoms with Crippen molar-refractivity contribution < 1.29 is 9.13 Å². The van der Waals surface area contributed by atoms with Crippen LogP contribution in [0.15, 0.2) is 34.2 Å². The summed E-state index contributed by atoms with van der Waals surface area (Å²) in [7, 11) is 3.83. The third-order valence-electron chi connectivity index (χ3n) is 3.61. The minimum absolute atomic E-state index is 0. The van der Waals surface area contributed by atoms with Crippen LogP contribution in [0.3, 0.4) is 0 Å². The molecular formula is C16H25FIN3OS. The Labute approximate surface area is 159 Å². The Balaban J connectivity index is 0.00000264. The number of rotatable bonds is 6. The lowest BCUT2D eigenvalue weighted by molar-refractivity contribution is 0.181. The summed E-state index contributed by atoms with van der Waals surface area (Å²) in [6.07, 6.45) is 1.12. The van der Waals surface area contributed by atoms with E-state index < -0.39 is 0 Å². The molecule has 1 saturated heterocycles. The predicted octanol–water partition coefficient (Wildman–Crippen LogP) is 3.08. The highest BCUT2D eigenvalue weighted by molar-refractivity contribution is 14.0. The van der Waals surface area contributed by atoms with E-state index in [9.17, 15) is 4.39 Å². The Morgan fingerprint density at radius 3 is 2.91 bits per heavy atom. The van der Waals surface area contributed by atoms with Crippen LogP contribution in [-0.2, 0) is 4.74 Å². The molecule has 7 heteroatoms. The van der Waals surface area contributed by atoms with Gasteiger partial charge in [0.25, 0.3) is 0 Å². The standard InChI is InChI=1S/C16H24FN3OS.HI/c1-18-16(20(2)11-13-7-9-21-12-13)19-8-10-22-15-6-4-3-5-14(15)17;/h3-6,13H,7-12H2,1-2H3,(H,18,19);1H. The van der Waals surface area contributed by atoms with Gasteiger partial charge in [-0.2, -0.15) is 0 Å². The summed E-state index contributed by atoms with van der Waals surface area (Å²) < 4.78 is 18.9. The van der Waals surface area contributed by atoms with Crippen LogP contribution in [0.5, 0.6) is 0 Å². The van der Waals surface area contributed by atoms with E-state index in [0.29, 0.717) is 10.8 Å². The molecule has 1 fully saturated rings. The number of thioether (sulfide) groups is 1. The molecule has 1 heterocycles. The van der Waals surface area contributed by atoms with Crippen LogP contribution in [0.25, 0.3) is 0 Å². The van der Waals surface area contributed by atoms with Crippen LogP contribution in [-0.4, -0.2) is 57.0 Å². The van der Waals surface area contributed by atoms with E-state index in [-0.39, 0.29) is 29.8 Å². The number of nitrogens with one attached hydrogen (secondary N) is 1. The number of hydrogen-bond donors (Lipinski definition) is 1. The fourth-order valence-electron chi connectivity index (χ4n) is 2.47. The summed E-state index contributed by atoms with van der Waals surface area (Å²) in [6.45, 7) is 3.39. The van der Waals surface area contributed by atoms with Gasteiger partial charge in [-0.1, -0.05) is 12.1 Å². The Kier molecular flexibility index (Phi) is 9.89. The summed E-state index contributed by atoms with van der Waals surface area (Å²) in [4.78, 5) is 7.12. The van der Waals surface area contributed by atoms with Gasteiger partial charge in [0.05, 0.1) is 6.61 Å². The maximum atomic E-state index is 13.5. The van der Waals surface area contributed by atoms with Gasteiger partial charge in [-0.05, 0) is 18.6 Å². The van der Waals surface area contributed by atoms with Crippen molar-refractivity contribution >= 4 is 41.7 Å². The number of ether oxygens (including phenoxy) is 1. The summed E-state index contributed by atoms with van der Waals surface area (Å²) in [5, 5.41) is 3.32. The van der Waals surface area contributed by atoms with Crippen LogP contribution in [0, 0.1) is 11.7 Å². The smallest absolute Gasteiger partial charge is 0.193 e. The molecule has 1 aromatic carbocycles. The van der Waals surface area contributed by atoms with E-state index in [1.807, 2.05) is 13.1 Å². The fraction of sp³-hybridized carbons (Fsp3) is 0.562. The van der Waals surface area contributed by atoms with Crippen LogP contribution in [0.1, 0.15) is 6.42 Å². The largest absolute Gasteiger partial charge is 0.381 e. The number of halogens is 2. The van der Waals surface area contributed by atoms with Crippen LogP contribution < -0.4 is 5.32 Å². The number of hydrogen-bond acceptors (Lipinski definition) is 3. The first-order chi connectivity index (χ1) is 10.7. The molecule has 0 amide bonds. The maximum absolute atomic E-state index is 13.5. The highest BCUT2D eigenvalue weighted by Gasteiger charge is 2.18. The molecule has 1 aromatic rings. The number of aliphatic imine (C=N–C) groups is 1. The topological polar surface area (TPSA) is 36.9 Å².